The predicted molar refractivity (Wildman–Crippen MR) is 116 cm³/mol. The van der Waals surface area contributed by atoms with Crippen molar-refractivity contribution >= 4 is 23.1 Å². The standard InChI is InChI=1S/C23H29N3O3/c1-4-25-13-15-26(16-14-25)22-8-6-5-7-21(22)24-23(28)18(3)29-20-11-9-19(10-12-20)17(2)27/h5-12,18H,4,13-16H2,1-3H3,(H,24,28)/t18-/m0/s1. The average Bonchev–Trinajstić information content (AvgIpc) is 2.74. The molecule has 154 valence electrons. The lowest BCUT2D eigenvalue weighted by Gasteiger charge is -2.36. The van der Waals surface area contributed by atoms with Gasteiger partial charge in [-0.15, -0.1) is 0 Å². The van der Waals surface area contributed by atoms with Crippen LogP contribution in [-0.2, 0) is 4.79 Å². The van der Waals surface area contributed by atoms with E-state index in [9.17, 15) is 9.59 Å². The first-order chi connectivity index (χ1) is 14.0. The summed E-state index contributed by atoms with van der Waals surface area (Å²) in [5, 5.41) is 3.01. The molecule has 2 aromatic rings. The molecular formula is C23H29N3O3. The second-order valence-electron chi connectivity index (χ2n) is 7.27. The quantitative estimate of drug-likeness (QED) is 0.728. The number of rotatable bonds is 7. The highest BCUT2D eigenvalue weighted by molar-refractivity contribution is 5.97. The maximum absolute atomic E-state index is 12.7. The van der Waals surface area contributed by atoms with Gasteiger partial charge in [0.25, 0.3) is 5.91 Å². The number of Topliss-reactive ketones (excluding diaryl/α,β-unsaturated/α-hetero) is 1. The zero-order chi connectivity index (χ0) is 20.8. The van der Waals surface area contributed by atoms with Crippen molar-refractivity contribution in [3.8, 4) is 5.75 Å². The average molecular weight is 396 g/mol. The molecule has 0 saturated carbocycles. The molecule has 0 aliphatic carbocycles. The van der Waals surface area contributed by atoms with Crippen molar-refractivity contribution < 1.29 is 14.3 Å². The second-order valence-corrected chi connectivity index (χ2v) is 7.27. The SMILES string of the molecule is CCN1CCN(c2ccccc2NC(=O)[C@H](C)Oc2ccc(C(C)=O)cc2)CC1. The van der Waals surface area contributed by atoms with Gasteiger partial charge in [0.15, 0.2) is 11.9 Å². The molecule has 29 heavy (non-hydrogen) atoms. The fraction of sp³-hybridized carbons (Fsp3) is 0.391. The number of carbonyl (C=O) groups excluding carboxylic acids is 2. The zero-order valence-corrected chi connectivity index (χ0v) is 17.4. The summed E-state index contributed by atoms with van der Waals surface area (Å²) in [6.45, 7) is 10.4. The van der Waals surface area contributed by atoms with Gasteiger partial charge in [-0.3, -0.25) is 9.59 Å². The molecular weight excluding hydrogens is 366 g/mol. The monoisotopic (exact) mass is 395 g/mol. The Morgan fingerprint density at radius 2 is 1.69 bits per heavy atom. The van der Waals surface area contributed by atoms with Crippen LogP contribution in [0.1, 0.15) is 31.1 Å². The lowest BCUT2D eigenvalue weighted by molar-refractivity contribution is -0.122. The summed E-state index contributed by atoms with van der Waals surface area (Å²) in [6, 6.07) is 14.7. The Morgan fingerprint density at radius 1 is 1.03 bits per heavy atom. The number of nitrogens with zero attached hydrogens (tertiary/aromatic N) is 2. The second kappa shape index (κ2) is 9.56. The molecule has 0 aromatic heterocycles. The number of ether oxygens (including phenoxy) is 1. The minimum atomic E-state index is -0.664. The van der Waals surface area contributed by atoms with Crippen LogP contribution < -0.4 is 15.0 Å². The number of para-hydroxylation sites is 2. The summed E-state index contributed by atoms with van der Waals surface area (Å²) in [6.07, 6.45) is -0.664. The number of amides is 1. The van der Waals surface area contributed by atoms with Crippen molar-refractivity contribution in [2.45, 2.75) is 26.9 Å². The predicted octanol–water partition coefficient (Wildman–Crippen LogP) is 3.44. The Kier molecular flexibility index (Phi) is 6.88. The Bertz CT molecular complexity index is 843. The molecule has 1 aliphatic rings. The summed E-state index contributed by atoms with van der Waals surface area (Å²) < 4.78 is 5.75. The molecule has 1 saturated heterocycles. The third kappa shape index (κ3) is 5.35. The van der Waals surface area contributed by atoms with Crippen LogP contribution in [0.25, 0.3) is 0 Å². The van der Waals surface area contributed by atoms with E-state index in [-0.39, 0.29) is 11.7 Å². The number of anilines is 2. The van der Waals surface area contributed by atoms with Crippen molar-refractivity contribution in [3.05, 3.63) is 54.1 Å². The maximum Gasteiger partial charge on any atom is 0.265 e. The molecule has 1 amide bonds. The molecule has 6 nitrogen and oxygen atoms in total. The van der Waals surface area contributed by atoms with Crippen LogP contribution in [0.5, 0.6) is 5.75 Å². The molecule has 2 aromatic carbocycles. The molecule has 1 fully saturated rings. The molecule has 0 unspecified atom stereocenters. The van der Waals surface area contributed by atoms with Crippen LogP contribution in [0, 0.1) is 0 Å². The first-order valence-corrected chi connectivity index (χ1v) is 10.1. The number of carbonyl (C=O) groups is 2. The van der Waals surface area contributed by atoms with E-state index in [4.69, 9.17) is 4.74 Å². The topological polar surface area (TPSA) is 61.9 Å². The van der Waals surface area contributed by atoms with Gasteiger partial charge >= 0.3 is 0 Å². The van der Waals surface area contributed by atoms with E-state index in [1.165, 1.54) is 6.92 Å². The van der Waals surface area contributed by atoms with E-state index in [2.05, 4.69) is 22.0 Å². The lowest BCUT2D eigenvalue weighted by Crippen LogP contribution is -2.46. The van der Waals surface area contributed by atoms with E-state index in [0.29, 0.717) is 11.3 Å². The Morgan fingerprint density at radius 3 is 2.31 bits per heavy atom. The van der Waals surface area contributed by atoms with Crippen molar-refractivity contribution in [2.24, 2.45) is 0 Å². The molecule has 0 bridgehead atoms. The van der Waals surface area contributed by atoms with Gasteiger partial charge in [-0.25, -0.2) is 0 Å². The van der Waals surface area contributed by atoms with Gasteiger partial charge in [-0.1, -0.05) is 19.1 Å². The van der Waals surface area contributed by atoms with Crippen LogP contribution in [0.3, 0.4) is 0 Å². The van der Waals surface area contributed by atoms with Gasteiger partial charge in [0.1, 0.15) is 5.75 Å². The van der Waals surface area contributed by atoms with Gasteiger partial charge in [-0.05, 0) is 56.8 Å². The third-order valence-electron chi connectivity index (χ3n) is 5.27. The van der Waals surface area contributed by atoms with Gasteiger partial charge in [-0.2, -0.15) is 0 Å². The maximum atomic E-state index is 12.7. The molecule has 1 N–H and O–H groups in total. The summed E-state index contributed by atoms with van der Waals surface area (Å²) in [4.78, 5) is 28.8. The Hall–Kier alpha value is -2.86. The number of likely N-dealkylation sites (N-methyl/N-ethyl adjacent to an activating group) is 1. The number of nitrogens with one attached hydrogen (secondary N) is 1. The van der Waals surface area contributed by atoms with E-state index in [0.717, 1.165) is 44.1 Å². The highest BCUT2D eigenvalue weighted by Gasteiger charge is 2.21. The fourth-order valence-electron chi connectivity index (χ4n) is 3.42. The van der Waals surface area contributed by atoms with Crippen LogP contribution >= 0.6 is 0 Å². The molecule has 1 aliphatic heterocycles. The summed E-state index contributed by atoms with van der Waals surface area (Å²) in [7, 11) is 0. The number of ketones is 1. The smallest absolute Gasteiger partial charge is 0.265 e. The molecule has 0 spiro atoms. The van der Waals surface area contributed by atoms with Gasteiger partial charge in [0, 0.05) is 31.7 Å². The van der Waals surface area contributed by atoms with Crippen LogP contribution in [-0.4, -0.2) is 55.4 Å². The molecule has 6 heteroatoms. The Balaban J connectivity index is 1.63. The van der Waals surface area contributed by atoms with Crippen LogP contribution in [0.2, 0.25) is 0 Å². The van der Waals surface area contributed by atoms with Crippen LogP contribution in [0.4, 0.5) is 11.4 Å². The van der Waals surface area contributed by atoms with Crippen LogP contribution in [0.15, 0.2) is 48.5 Å². The third-order valence-corrected chi connectivity index (χ3v) is 5.27. The largest absolute Gasteiger partial charge is 0.481 e. The fourth-order valence-corrected chi connectivity index (χ4v) is 3.42. The first kappa shape index (κ1) is 20.9. The summed E-state index contributed by atoms with van der Waals surface area (Å²) in [5.74, 6) is 0.348. The number of piperazine rings is 1. The highest BCUT2D eigenvalue weighted by atomic mass is 16.5. The number of hydrogen-bond acceptors (Lipinski definition) is 5. The molecule has 3 rings (SSSR count). The van der Waals surface area contributed by atoms with Crippen molar-refractivity contribution in [1.29, 1.82) is 0 Å². The van der Waals surface area contributed by atoms with Crippen molar-refractivity contribution in [1.82, 2.24) is 4.90 Å². The number of hydrogen-bond donors (Lipinski definition) is 1. The van der Waals surface area contributed by atoms with E-state index < -0.39 is 6.10 Å². The minimum absolute atomic E-state index is 0.00119. The van der Waals surface area contributed by atoms with Crippen molar-refractivity contribution in [3.63, 3.8) is 0 Å². The highest BCUT2D eigenvalue weighted by Crippen LogP contribution is 2.27. The Labute approximate surface area is 172 Å². The van der Waals surface area contributed by atoms with Gasteiger partial charge < -0.3 is 19.9 Å². The normalized spacial score (nSPS) is 15.6. The minimum Gasteiger partial charge on any atom is -0.481 e. The van der Waals surface area contributed by atoms with E-state index in [1.54, 1.807) is 31.2 Å². The molecule has 1 atom stereocenters. The van der Waals surface area contributed by atoms with E-state index >= 15 is 0 Å². The van der Waals surface area contributed by atoms with Crippen molar-refractivity contribution in [2.75, 3.05) is 42.9 Å². The summed E-state index contributed by atoms with van der Waals surface area (Å²) >= 11 is 0. The number of benzene rings is 2. The molecule has 0 radical (unpaired) electrons. The van der Waals surface area contributed by atoms with E-state index in [1.807, 2.05) is 24.3 Å². The zero-order valence-electron chi connectivity index (χ0n) is 17.4. The summed E-state index contributed by atoms with van der Waals surface area (Å²) in [5.41, 5.74) is 2.45. The molecule has 1 heterocycles. The lowest BCUT2D eigenvalue weighted by atomic mass is 10.1. The van der Waals surface area contributed by atoms with Gasteiger partial charge in [0.2, 0.25) is 0 Å². The van der Waals surface area contributed by atoms with Gasteiger partial charge in [0.05, 0.1) is 11.4 Å². The first-order valence-electron chi connectivity index (χ1n) is 10.1.